The zero-order valence-electron chi connectivity index (χ0n) is 13.6. The third-order valence-electron chi connectivity index (χ3n) is 5.30. The first-order valence-corrected chi connectivity index (χ1v) is 8.26. The van der Waals surface area contributed by atoms with E-state index in [4.69, 9.17) is 5.73 Å². The number of amides is 1. The first-order valence-electron chi connectivity index (χ1n) is 8.26. The van der Waals surface area contributed by atoms with Crippen LogP contribution in [-0.2, 0) is 4.79 Å². The van der Waals surface area contributed by atoms with Crippen LogP contribution in [0.3, 0.4) is 0 Å². The van der Waals surface area contributed by atoms with E-state index >= 15 is 0 Å². The standard InChI is InChI=1S/C16H31N3O.ClH/c1-13(19-9-8-16(2,11-17)12-19)15(20)18-10-14-6-4-3-5-7-14;/h13-14H,3-12,17H2,1-2H3,(H,18,20);1H. The number of hydrogen-bond acceptors (Lipinski definition) is 3. The molecule has 1 amide bonds. The molecule has 0 aromatic rings. The van der Waals surface area contributed by atoms with Crippen molar-refractivity contribution in [1.82, 2.24) is 10.2 Å². The smallest absolute Gasteiger partial charge is 0.237 e. The summed E-state index contributed by atoms with van der Waals surface area (Å²) >= 11 is 0. The number of carbonyl (C=O) groups excluding carboxylic acids is 1. The Labute approximate surface area is 135 Å². The Hall–Kier alpha value is -0.320. The predicted molar refractivity (Wildman–Crippen MR) is 89.6 cm³/mol. The number of halogens is 1. The van der Waals surface area contributed by atoms with E-state index in [9.17, 15) is 4.79 Å². The zero-order valence-corrected chi connectivity index (χ0v) is 14.4. The minimum atomic E-state index is -0.0213. The van der Waals surface area contributed by atoms with E-state index < -0.39 is 0 Å². The van der Waals surface area contributed by atoms with Gasteiger partial charge in [0.25, 0.3) is 0 Å². The van der Waals surface area contributed by atoms with E-state index in [1.165, 1.54) is 32.1 Å². The molecule has 2 unspecified atom stereocenters. The lowest BCUT2D eigenvalue weighted by atomic mass is 9.89. The van der Waals surface area contributed by atoms with Gasteiger partial charge in [-0.25, -0.2) is 0 Å². The van der Waals surface area contributed by atoms with Crippen molar-refractivity contribution in [2.75, 3.05) is 26.2 Å². The Balaban J connectivity index is 0.00000220. The maximum Gasteiger partial charge on any atom is 0.237 e. The zero-order chi connectivity index (χ0) is 14.6. The molecule has 0 aromatic heterocycles. The summed E-state index contributed by atoms with van der Waals surface area (Å²) in [6.45, 7) is 7.76. The summed E-state index contributed by atoms with van der Waals surface area (Å²) in [6.07, 6.45) is 7.69. The van der Waals surface area contributed by atoms with Crippen molar-refractivity contribution in [3.63, 3.8) is 0 Å². The van der Waals surface area contributed by atoms with Crippen molar-refractivity contribution in [3.8, 4) is 0 Å². The van der Waals surface area contributed by atoms with E-state index in [2.05, 4.69) is 17.1 Å². The lowest BCUT2D eigenvalue weighted by Gasteiger charge is -2.28. The van der Waals surface area contributed by atoms with Gasteiger partial charge in [0, 0.05) is 13.1 Å². The second kappa shape index (κ2) is 8.35. The third kappa shape index (κ3) is 5.11. The number of nitrogens with two attached hydrogens (primary N) is 1. The SMILES string of the molecule is CC(C(=O)NCC1CCCCC1)N1CCC(C)(CN)C1.Cl. The van der Waals surface area contributed by atoms with Gasteiger partial charge >= 0.3 is 0 Å². The highest BCUT2D eigenvalue weighted by atomic mass is 35.5. The van der Waals surface area contributed by atoms with Gasteiger partial charge in [-0.15, -0.1) is 12.4 Å². The Kier molecular flexibility index (Phi) is 7.45. The summed E-state index contributed by atoms with van der Waals surface area (Å²) in [4.78, 5) is 14.6. The fourth-order valence-corrected chi connectivity index (χ4v) is 3.51. The molecule has 2 atom stereocenters. The fourth-order valence-electron chi connectivity index (χ4n) is 3.51. The highest BCUT2D eigenvalue weighted by molar-refractivity contribution is 5.85. The maximum absolute atomic E-state index is 12.3. The minimum Gasteiger partial charge on any atom is -0.354 e. The van der Waals surface area contributed by atoms with Crippen molar-refractivity contribution in [3.05, 3.63) is 0 Å². The molecule has 0 spiro atoms. The molecule has 1 aliphatic carbocycles. The molecule has 2 aliphatic rings. The normalized spacial score (nSPS) is 28.9. The number of likely N-dealkylation sites (tertiary alicyclic amines) is 1. The quantitative estimate of drug-likeness (QED) is 0.817. The van der Waals surface area contributed by atoms with Gasteiger partial charge in [-0.3, -0.25) is 9.69 Å². The average Bonchev–Trinajstić information content (AvgIpc) is 2.88. The van der Waals surface area contributed by atoms with Crippen LogP contribution in [-0.4, -0.2) is 43.0 Å². The Bertz CT molecular complexity index is 333. The Morgan fingerprint density at radius 1 is 1.38 bits per heavy atom. The Morgan fingerprint density at radius 2 is 2.05 bits per heavy atom. The van der Waals surface area contributed by atoms with E-state index in [1.807, 2.05) is 6.92 Å². The van der Waals surface area contributed by atoms with Gasteiger partial charge in [-0.1, -0.05) is 26.2 Å². The molecule has 1 saturated heterocycles. The van der Waals surface area contributed by atoms with Crippen LogP contribution in [0.5, 0.6) is 0 Å². The van der Waals surface area contributed by atoms with Gasteiger partial charge in [0.2, 0.25) is 5.91 Å². The fraction of sp³-hybridized carbons (Fsp3) is 0.938. The van der Waals surface area contributed by atoms with Crippen LogP contribution < -0.4 is 11.1 Å². The molecule has 1 aliphatic heterocycles. The molecule has 124 valence electrons. The van der Waals surface area contributed by atoms with E-state index in [1.54, 1.807) is 0 Å². The van der Waals surface area contributed by atoms with Crippen LogP contribution in [0.2, 0.25) is 0 Å². The minimum absolute atomic E-state index is 0. The lowest BCUT2D eigenvalue weighted by molar-refractivity contribution is -0.125. The summed E-state index contributed by atoms with van der Waals surface area (Å²) in [5, 5.41) is 3.16. The summed E-state index contributed by atoms with van der Waals surface area (Å²) < 4.78 is 0. The highest BCUT2D eigenvalue weighted by Crippen LogP contribution is 2.29. The second-order valence-electron chi connectivity index (χ2n) is 7.16. The van der Waals surface area contributed by atoms with E-state index in [-0.39, 0.29) is 29.8 Å². The molecular formula is C16H32ClN3O. The largest absolute Gasteiger partial charge is 0.354 e. The highest BCUT2D eigenvalue weighted by Gasteiger charge is 2.36. The maximum atomic E-state index is 12.3. The topological polar surface area (TPSA) is 58.4 Å². The van der Waals surface area contributed by atoms with Crippen molar-refractivity contribution in [2.45, 2.75) is 58.4 Å². The second-order valence-corrected chi connectivity index (χ2v) is 7.16. The average molecular weight is 318 g/mol. The summed E-state index contributed by atoms with van der Waals surface area (Å²) in [5.41, 5.74) is 6.03. The van der Waals surface area contributed by atoms with Gasteiger partial charge in [-0.05, 0) is 50.6 Å². The van der Waals surface area contributed by atoms with Gasteiger partial charge in [0.05, 0.1) is 6.04 Å². The number of carbonyl (C=O) groups is 1. The van der Waals surface area contributed by atoms with Gasteiger partial charge in [-0.2, -0.15) is 0 Å². The molecule has 2 rings (SSSR count). The van der Waals surface area contributed by atoms with Crippen LogP contribution in [0.1, 0.15) is 52.4 Å². The van der Waals surface area contributed by atoms with Crippen LogP contribution in [0, 0.1) is 11.3 Å². The van der Waals surface area contributed by atoms with Crippen LogP contribution in [0.25, 0.3) is 0 Å². The van der Waals surface area contributed by atoms with Gasteiger partial charge in [0.1, 0.15) is 0 Å². The van der Waals surface area contributed by atoms with E-state index in [0.717, 1.165) is 26.1 Å². The van der Waals surface area contributed by atoms with Gasteiger partial charge in [0.15, 0.2) is 0 Å². The molecular weight excluding hydrogens is 286 g/mol. The summed E-state index contributed by atoms with van der Waals surface area (Å²) in [6, 6.07) is -0.0213. The Morgan fingerprint density at radius 3 is 2.62 bits per heavy atom. The molecule has 0 aromatic carbocycles. The van der Waals surface area contributed by atoms with Crippen LogP contribution in [0.15, 0.2) is 0 Å². The number of rotatable bonds is 5. The molecule has 1 heterocycles. The number of nitrogens with one attached hydrogen (secondary N) is 1. The molecule has 0 radical (unpaired) electrons. The van der Waals surface area contributed by atoms with E-state index in [0.29, 0.717) is 12.5 Å². The van der Waals surface area contributed by atoms with Crippen molar-refractivity contribution in [2.24, 2.45) is 17.1 Å². The first-order chi connectivity index (χ1) is 9.54. The number of nitrogens with zero attached hydrogens (tertiary/aromatic N) is 1. The van der Waals surface area contributed by atoms with Crippen molar-refractivity contribution >= 4 is 18.3 Å². The lowest BCUT2D eigenvalue weighted by Crippen LogP contribution is -2.46. The molecule has 5 heteroatoms. The molecule has 1 saturated carbocycles. The monoisotopic (exact) mass is 317 g/mol. The molecule has 21 heavy (non-hydrogen) atoms. The third-order valence-corrected chi connectivity index (χ3v) is 5.30. The van der Waals surface area contributed by atoms with Crippen molar-refractivity contribution < 1.29 is 4.79 Å². The first kappa shape index (κ1) is 18.7. The van der Waals surface area contributed by atoms with Gasteiger partial charge < -0.3 is 11.1 Å². The summed E-state index contributed by atoms with van der Waals surface area (Å²) in [7, 11) is 0. The molecule has 2 fully saturated rings. The van der Waals surface area contributed by atoms with Crippen LogP contribution >= 0.6 is 12.4 Å². The molecule has 4 nitrogen and oxygen atoms in total. The number of hydrogen-bond donors (Lipinski definition) is 2. The predicted octanol–water partition coefficient (Wildman–Crippen LogP) is 2.16. The summed E-state index contributed by atoms with van der Waals surface area (Å²) in [5.74, 6) is 0.893. The van der Waals surface area contributed by atoms with Crippen LogP contribution in [0.4, 0.5) is 0 Å². The molecule has 3 N–H and O–H groups in total. The van der Waals surface area contributed by atoms with Crippen molar-refractivity contribution in [1.29, 1.82) is 0 Å². The molecule has 0 bridgehead atoms.